The number of aromatic amines is 1. The largest absolute Gasteiger partial charge is 0.355 e. The van der Waals surface area contributed by atoms with Crippen LogP contribution in [0, 0.1) is 12.7 Å². The maximum atomic E-state index is 13.4. The molecule has 0 bridgehead atoms. The molecular weight excluding hydrogens is 341 g/mol. The molecule has 0 fully saturated rings. The van der Waals surface area contributed by atoms with E-state index in [-0.39, 0.29) is 11.8 Å². The van der Waals surface area contributed by atoms with E-state index in [9.17, 15) is 9.18 Å². The highest BCUT2D eigenvalue weighted by Crippen LogP contribution is 2.26. The van der Waals surface area contributed by atoms with Crippen LogP contribution in [0.5, 0.6) is 0 Å². The summed E-state index contributed by atoms with van der Waals surface area (Å²) in [5.74, 6) is -0.267. The van der Waals surface area contributed by atoms with Crippen molar-refractivity contribution in [2.24, 2.45) is 0 Å². The van der Waals surface area contributed by atoms with Gasteiger partial charge in [-0.1, -0.05) is 30.3 Å². The van der Waals surface area contributed by atoms with E-state index in [4.69, 9.17) is 0 Å². The van der Waals surface area contributed by atoms with Crippen molar-refractivity contribution in [2.45, 2.75) is 6.92 Å². The summed E-state index contributed by atoms with van der Waals surface area (Å²) >= 11 is 0. The van der Waals surface area contributed by atoms with Crippen LogP contribution in [0.2, 0.25) is 0 Å². The molecule has 0 spiro atoms. The van der Waals surface area contributed by atoms with Gasteiger partial charge in [0.15, 0.2) is 0 Å². The molecule has 0 aliphatic carbocycles. The van der Waals surface area contributed by atoms with Crippen LogP contribution < -0.4 is 10.6 Å². The highest BCUT2D eigenvalue weighted by Gasteiger charge is 2.08. The lowest BCUT2D eigenvalue weighted by Crippen LogP contribution is -2.19. The van der Waals surface area contributed by atoms with Gasteiger partial charge < -0.3 is 15.6 Å². The number of H-pyrrole nitrogens is 1. The zero-order chi connectivity index (χ0) is 18.8. The number of halogens is 1. The fourth-order valence-corrected chi connectivity index (χ4v) is 3.02. The number of urea groups is 1. The van der Waals surface area contributed by atoms with E-state index in [1.807, 2.05) is 61.5 Å². The third-order valence-corrected chi connectivity index (χ3v) is 4.41. The Bertz CT molecular complexity index is 1130. The van der Waals surface area contributed by atoms with Crippen LogP contribution in [0.1, 0.15) is 5.56 Å². The normalized spacial score (nSPS) is 10.7. The van der Waals surface area contributed by atoms with Gasteiger partial charge in [0.05, 0.1) is 0 Å². The van der Waals surface area contributed by atoms with Crippen molar-refractivity contribution in [3.8, 4) is 11.3 Å². The number of fused-ring (bicyclic) bond motifs is 1. The van der Waals surface area contributed by atoms with Crippen LogP contribution in [0.15, 0.2) is 72.8 Å². The highest BCUT2D eigenvalue weighted by atomic mass is 19.1. The molecule has 0 aliphatic heterocycles. The van der Waals surface area contributed by atoms with Gasteiger partial charge in [-0.2, -0.15) is 0 Å². The van der Waals surface area contributed by atoms with Gasteiger partial charge in [0.25, 0.3) is 0 Å². The van der Waals surface area contributed by atoms with E-state index in [2.05, 4.69) is 15.6 Å². The number of rotatable bonds is 3. The fourth-order valence-electron chi connectivity index (χ4n) is 3.02. The summed E-state index contributed by atoms with van der Waals surface area (Å²) in [6, 6.07) is 21.3. The van der Waals surface area contributed by atoms with Gasteiger partial charge in [0.2, 0.25) is 0 Å². The predicted octanol–water partition coefficient (Wildman–Crippen LogP) is 5.93. The average Bonchev–Trinajstić information content (AvgIpc) is 3.07. The van der Waals surface area contributed by atoms with Gasteiger partial charge in [-0.05, 0) is 55.0 Å². The second-order valence-electron chi connectivity index (χ2n) is 6.39. The Hall–Kier alpha value is -3.60. The number of carbonyl (C=O) groups is 1. The van der Waals surface area contributed by atoms with Crippen LogP contribution in [-0.2, 0) is 0 Å². The van der Waals surface area contributed by atoms with Gasteiger partial charge >= 0.3 is 6.03 Å². The minimum atomic E-state index is -0.305. The summed E-state index contributed by atoms with van der Waals surface area (Å²) in [7, 11) is 0. The lowest BCUT2D eigenvalue weighted by molar-refractivity contribution is 0.262. The van der Waals surface area contributed by atoms with Crippen molar-refractivity contribution in [2.75, 3.05) is 10.6 Å². The molecule has 4 aromatic rings. The number of aromatic nitrogens is 1. The summed E-state index contributed by atoms with van der Waals surface area (Å²) in [5, 5.41) is 6.50. The van der Waals surface area contributed by atoms with Gasteiger partial charge in [0, 0.05) is 33.5 Å². The van der Waals surface area contributed by atoms with E-state index in [1.54, 1.807) is 6.07 Å². The maximum Gasteiger partial charge on any atom is 0.323 e. The quantitative estimate of drug-likeness (QED) is 0.417. The van der Waals surface area contributed by atoms with Crippen LogP contribution in [0.25, 0.3) is 22.2 Å². The number of para-hydroxylation sites is 1. The third-order valence-electron chi connectivity index (χ3n) is 4.41. The summed E-state index contributed by atoms with van der Waals surface area (Å²) in [6.07, 6.45) is 0. The van der Waals surface area contributed by atoms with Gasteiger partial charge in [-0.3, -0.25) is 0 Å². The molecule has 0 aliphatic rings. The summed E-state index contributed by atoms with van der Waals surface area (Å²) in [6.45, 7) is 1.94. The third kappa shape index (κ3) is 3.67. The average molecular weight is 359 g/mol. The number of aryl methyl sites for hydroxylation is 1. The first-order valence-corrected chi connectivity index (χ1v) is 8.61. The number of anilines is 2. The molecule has 27 heavy (non-hydrogen) atoms. The van der Waals surface area contributed by atoms with Gasteiger partial charge in [-0.15, -0.1) is 0 Å². The Kier molecular flexibility index (Phi) is 4.34. The standard InChI is InChI=1S/C22H18FN3O/c1-14-5-2-3-8-19(14)26-22(27)24-18-7-4-6-15(12-18)21-13-16-11-17(23)9-10-20(16)25-21/h2-13,25H,1H3,(H2,24,26,27). The van der Waals surface area contributed by atoms with Crippen molar-refractivity contribution in [1.82, 2.24) is 4.98 Å². The molecule has 4 nitrogen and oxygen atoms in total. The molecule has 2 amide bonds. The molecule has 1 heterocycles. The zero-order valence-electron chi connectivity index (χ0n) is 14.7. The number of hydrogen-bond acceptors (Lipinski definition) is 1. The SMILES string of the molecule is Cc1ccccc1NC(=O)Nc1cccc(-c2cc3cc(F)ccc3[nH]2)c1. The second-order valence-corrected chi connectivity index (χ2v) is 6.39. The number of carbonyl (C=O) groups excluding carboxylic acids is 1. The maximum absolute atomic E-state index is 13.4. The zero-order valence-corrected chi connectivity index (χ0v) is 14.7. The first-order chi connectivity index (χ1) is 13.1. The molecule has 3 aromatic carbocycles. The molecule has 5 heteroatoms. The van der Waals surface area contributed by atoms with Crippen molar-refractivity contribution < 1.29 is 9.18 Å². The van der Waals surface area contributed by atoms with Crippen LogP contribution >= 0.6 is 0 Å². The lowest BCUT2D eigenvalue weighted by atomic mass is 10.1. The summed E-state index contributed by atoms with van der Waals surface area (Å²) < 4.78 is 13.4. The molecule has 0 atom stereocenters. The Morgan fingerprint density at radius 1 is 0.926 bits per heavy atom. The van der Waals surface area contributed by atoms with Crippen molar-refractivity contribution in [1.29, 1.82) is 0 Å². The smallest absolute Gasteiger partial charge is 0.323 e. The first-order valence-electron chi connectivity index (χ1n) is 8.61. The van der Waals surface area contributed by atoms with Crippen LogP contribution in [0.4, 0.5) is 20.6 Å². The molecule has 134 valence electrons. The topological polar surface area (TPSA) is 56.9 Å². The number of nitrogens with one attached hydrogen (secondary N) is 3. The van der Waals surface area contributed by atoms with Crippen molar-refractivity contribution in [3.05, 3.63) is 84.2 Å². The molecule has 0 saturated heterocycles. The molecular formula is C22H18FN3O. The number of amides is 2. The van der Waals surface area contributed by atoms with E-state index in [0.717, 1.165) is 33.4 Å². The number of benzene rings is 3. The lowest BCUT2D eigenvalue weighted by Gasteiger charge is -2.10. The van der Waals surface area contributed by atoms with E-state index in [0.29, 0.717) is 5.69 Å². The highest BCUT2D eigenvalue weighted by molar-refractivity contribution is 6.00. The first kappa shape index (κ1) is 16.8. The van der Waals surface area contributed by atoms with E-state index < -0.39 is 0 Å². The van der Waals surface area contributed by atoms with E-state index >= 15 is 0 Å². The number of hydrogen-bond donors (Lipinski definition) is 3. The van der Waals surface area contributed by atoms with Crippen molar-refractivity contribution in [3.63, 3.8) is 0 Å². The molecule has 1 aromatic heterocycles. The predicted molar refractivity (Wildman–Crippen MR) is 108 cm³/mol. The second kappa shape index (κ2) is 6.96. The Balaban J connectivity index is 1.55. The molecule has 3 N–H and O–H groups in total. The van der Waals surface area contributed by atoms with Crippen LogP contribution in [0.3, 0.4) is 0 Å². The fraction of sp³-hybridized carbons (Fsp3) is 0.0455. The van der Waals surface area contributed by atoms with Gasteiger partial charge in [-0.25, -0.2) is 9.18 Å². The Morgan fingerprint density at radius 2 is 1.78 bits per heavy atom. The minimum Gasteiger partial charge on any atom is -0.355 e. The van der Waals surface area contributed by atoms with Crippen molar-refractivity contribution >= 4 is 28.3 Å². The summed E-state index contributed by atoms with van der Waals surface area (Å²) in [4.78, 5) is 15.6. The summed E-state index contributed by atoms with van der Waals surface area (Å²) in [5.41, 5.74) is 5.06. The minimum absolute atomic E-state index is 0.267. The monoisotopic (exact) mass is 359 g/mol. The van der Waals surface area contributed by atoms with E-state index in [1.165, 1.54) is 12.1 Å². The molecule has 0 radical (unpaired) electrons. The Labute approximate surface area is 156 Å². The molecule has 0 saturated carbocycles. The molecule has 0 unspecified atom stereocenters. The van der Waals surface area contributed by atoms with Gasteiger partial charge in [0.1, 0.15) is 5.82 Å². The van der Waals surface area contributed by atoms with Crippen LogP contribution in [-0.4, -0.2) is 11.0 Å². The Morgan fingerprint density at radius 3 is 2.63 bits per heavy atom. The molecule has 4 rings (SSSR count).